The van der Waals surface area contributed by atoms with E-state index in [1.165, 1.54) is 18.7 Å². The van der Waals surface area contributed by atoms with Crippen LogP contribution in [-0.2, 0) is 19.4 Å². The number of benzene rings is 2. The van der Waals surface area contributed by atoms with Crippen LogP contribution in [0.15, 0.2) is 46.7 Å². The van der Waals surface area contributed by atoms with E-state index in [4.69, 9.17) is 28.4 Å². The normalized spacial score (nSPS) is 16.6. The lowest BCUT2D eigenvalue weighted by Crippen LogP contribution is -2.17. The zero-order valence-corrected chi connectivity index (χ0v) is 26.6. The number of hydrogen-bond acceptors (Lipinski definition) is 11. The number of rotatable bonds is 16. The molecule has 43 heavy (non-hydrogen) atoms. The van der Waals surface area contributed by atoms with Crippen LogP contribution in [0.1, 0.15) is 56.4 Å². The second-order valence-electron chi connectivity index (χ2n) is 9.90. The lowest BCUT2D eigenvalue weighted by Gasteiger charge is -2.21. The molecular weight excluding hydrogens is 596 g/mol. The highest BCUT2D eigenvalue weighted by atomic mass is 32.2. The molecule has 1 N–H and O–H groups in total. The molecule has 234 valence electrons. The second-order valence-corrected chi connectivity index (χ2v) is 12.9. The molecule has 0 bridgehead atoms. The van der Waals surface area contributed by atoms with Crippen LogP contribution in [0.2, 0.25) is 0 Å². The molecule has 1 saturated heterocycles. The summed E-state index contributed by atoms with van der Waals surface area (Å²) in [7, 11) is 0.624. The number of hydrogen-bond donors (Lipinski definition) is 1. The number of sulfone groups is 1. The Morgan fingerprint density at radius 2 is 1.60 bits per heavy atom. The number of aromatic amines is 1. The number of H-pyrrole nitrogens is 1. The van der Waals surface area contributed by atoms with Gasteiger partial charge in [0.25, 0.3) is 0 Å². The van der Waals surface area contributed by atoms with Gasteiger partial charge in [0, 0.05) is 18.1 Å². The molecule has 0 amide bonds. The first-order valence-corrected chi connectivity index (χ1v) is 16.6. The minimum Gasteiger partial charge on any atom is -0.493 e. The topological polar surface area (TPSA) is 135 Å². The Kier molecular flexibility index (Phi) is 11.2. The Morgan fingerprint density at radius 3 is 2.16 bits per heavy atom. The van der Waals surface area contributed by atoms with Crippen molar-refractivity contribution < 1.29 is 41.6 Å². The van der Waals surface area contributed by atoms with Crippen LogP contribution in [-0.4, -0.2) is 70.2 Å². The van der Waals surface area contributed by atoms with Crippen LogP contribution in [0.25, 0.3) is 0 Å². The number of methoxy groups -OCH3 is 3. The minimum absolute atomic E-state index is 0.0813. The molecular formula is C30H38N2O9S2. The molecule has 1 aliphatic rings. The summed E-state index contributed by atoms with van der Waals surface area (Å²) in [6, 6.07) is 7.03. The number of aromatic nitrogens is 2. The molecule has 1 fully saturated rings. The van der Waals surface area contributed by atoms with Crippen LogP contribution in [0.3, 0.4) is 0 Å². The van der Waals surface area contributed by atoms with E-state index < -0.39 is 27.5 Å². The Hall–Kier alpha value is -3.42. The monoisotopic (exact) mass is 634 g/mol. The van der Waals surface area contributed by atoms with Crippen molar-refractivity contribution in [3.05, 3.63) is 47.8 Å². The first kappa shape index (κ1) is 32.5. The van der Waals surface area contributed by atoms with Crippen LogP contribution >= 0.6 is 11.8 Å². The largest absolute Gasteiger partial charge is 0.493 e. The van der Waals surface area contributed by atoms with Crippen molar-refractivity contribution in [3.8, 4) is 28.7 Å². The van der Waals surface area contributed by atoms with Crippen LogP contribution in [0.4, 0.5) is 0 Å². The summed E-state index contributed by atoms with van der Waals surface area (Å²) in [4.78, 5) is 19.1. The Balaban J connectivity index is 1.68. The Morgan fingerprint density at radius 1 is 0.953 bits per heavy atom. The van der Waals surface area contributed by atoms with E-state index in [2.05, 4.69) is 9.97 Å². The summed E-state index contributed by atoms with van der Waals surface area (Å²) in [5, 5.41) is 0.752. The van der Waals surface area contributed by atoms with E-state index >= 15 is 0 Å². The summed E-state index contributed by atoms with van der Waals surface area (Å²) in [5.41, 5.74) is 1.46. The minimum atomic E-state index is -4.03. The Bertz CT molecular complexity index is 1470. The van der Waals surface area contributed by atoms with Gasteiger partial charge >= 0.3 is 0 Å². The van der Waals surface area contributed by atoms with Crippen LogP contribution in [0, 0.1) is 0 Å². The van der Waals surface area contributed by atoms with Gasteiger partial charge in [0.2, 0.25) is 5.75 Å². The maximum absolute atomic E-state index is 13.5. The fraction of sp³-hybridized carbons (Fsp3) is 0.467. The smallest absolute Gasteiger partial charge is 0.203 e. The van der Waals surface area contributed by atoms with Gasteiger partial charge in [-0.15, -0.1) is 0 Å². The van der Waals surface area contributed by atoms with E-state index in [1.54, 1.807) is 45.9 Å². The number of ketones is 1. The highest BCUT2D eigenvalue weighted by molar-refractivity contribution is 7.99. The maximum Gasteiger partial charge on any atom is 0.203 e. The molecule has 1 aliphatic heterocycles. The first-order valence-electron chi connectivity index (χ1n) is 13.9. The fourth-order valence-electron chi connectivity index (χ4n) is 4.85. The van der Waals surface area contributed by atoms with Gasteiger partial charge in [0.15, 0.2) is 38.0 Å². The molecule has 0 spiro atoms. The molecule has 13 heteroatoms. The van der Waals surface area contributed by atoms with Crippen molar-refractivity contribution in [2.45, 2.75) is 55.4 Å². The molecule has 0 unspecified atom stereocenters. The van der Waals surface area contributed by atoms with E-state index in [0.717, 1.165) is 10.7 Å². The maximum atomic E-state index is 13.5. The van der Waals surface area contributed by atoms with Crippen molar-refractivity contribution in [1.82, 2.24) is 9.97 Å². The van der Waals surface area contributed by atoms with Gasteiger partial charge in [-0.1, -0.05) is 18.7 Å². The third kappa shape index (κ3) is 7.95. The number of thioether (sulfide) groups is 1. The highest BCUT2D eigenvalue weighted by Crippen LogP contribution is 2.48. The average molecular weight is 635 g/mol. The predicted molar refractivity (Wildman–Crippen MR) is 162 cm³/mol. The fourth-order valence-corrected chi connectivity index (χ4v) is 6.94. The lowest BCUT2D eigenvalue weighted by molar-refractivity contribution is -0.114. The Labute approximate surface area is 256 Å². The summed E-state index contributed by atoms with van der Waals surface area (Å²) in [6.45, 7) is 3.72. The third-order valence-corrected chi connectivity index (χ3v) is 9.35. The van der Waals surface area contributed by atoms with Gasteiger partial charge in [-0.25, -0.2) is 13.4 Å². The van der Waals surface area contributed by atoms with Gasteiger partial charge in [-0.2, -0.15) is 0 Å². The number of Topliss-reactive ketones (excluding diaryl/α,β-unsaturated/α-hetero) is 1. The molecule has 2 heterocycles. The summed E-state index contributed by atoms with van der Waals surface area (Å²) in [5.74, 6) is 1.35. The molecule has 1 aromatic heterocycles. The van der Waals surface area contributed by atoms with Crippen LogP contribution in [0.5, 0.6) is 28.7 Å². The standard InChI is InChI=1S/C30H38N2O9S2/c1-6-11-40-29-26(39-12-13-42-30-31-9-10-32-30)16-21(17-27(29)43(34,35)18-19(2)33)23-8-7-22(41-23)20-14-24(36-3)28(38-5)25(15-20)37-4/h9-10,14-17,22-23H,6-8,11-13,18H2,1-5H3,(H,31,32)/t22-,23-/m0/s1. The summed E-state index contributed by atoms with van der Waals surface area (Å²) in [6.07, 6.45) is 4.62. The highest BCUT2D eigenvalue weighted by Gasteiger charge is 2.33. The number of carbonyl (C=O) groups excluding carboxylic acids is 1. The molecule has 2 aromatic carbocycles. The number of nitrogens with zero attached hydrogens (tertiary/aromatic N) is 1. The molecule has 0 saturated carbocycles. The molecule has 3 aromatic rings. The summed E-state index contributed by atoms with van der Waals surface area (Å²) < 4.78 is 62.0. The second kappa shape index (κ2) is 14.8. The van der Waals surface area contributed by atoms with Crippen molar-refractivity contribution >= 4 is 27.4 Å². The van der Waals surface area contributed by atoms with E-state index in [0.29, 0.717) is 47.8 Å². The van der Waals surface area contributed by atoms with Crippen LogP contribution < -0.4 is 23.7 Å². The quantitative estimate of drug-likeness (QED) is 0.161. The molecule has 2 atom stereocenters. The first-order chi connectivity index (χ1) is 20.7. The third-order valence-electron chi connectivity index (χ3n) is 6.72. The summed E-state index contributed by atoms with van der Waals surface area (Å²) >= 11 is 1.47. The zero-order valence-electron chi connectivity index (χ0n) is 25.0. The van der Waals surface area contributed by atoms with E-state index in [9.17, 15) is 13.2 Å². The van der Waals surface area contributed by atoms with E-state index in [1.807, 2.05) is 19.1 Å². The van der Waals surface area contributed by atoms with Crippen molar-refractivity contribution in [3.63, 3.8) is 0 Å². The van der Waals surface area contributed by atoms with Gasteiger partial charge in [0.1, 0.15) is 16.4 Å². The average Bonchev–Trinajstić information content (AvgIpc) is 3.70. The van der Waals surface area contributed by atoms with Crippen molar-refractivity contribution in [2.24, 2.45) is 0 Å². The van der Waals surface area contributed by atoms with E-state index in [-0.39, 0.29) is 35.7 Å². The van der Waals surface area contributed by atoms with Crippen molar-refractivity contribution in [2.75, 3.05) is 46.0 Å². The number of ether oxygens (including phenoxy) is 6. The van der Waals surface area contributed by atoms with Gasteiger partial charge in [-0.05, 0) is 61.6 Å². The van der Waals surface area contributed by atoms with Crippen molar-refractivity contribution in [1.29, 1.82) is 0 Å². The molecule has 4 rings (SSSR count). The van der Waals surface area contributed by atoms with Gasteiger partial charge in [0.05, 0.1) is 46.8 Å². The molecule has 0 aliphatic carbocycles. The number of carbonyl (C=O) groups is 1. The number of imidazole rings is 1. The van der Waals surface area contributed by atoms with Gasteiger partial charge < -0.3 is 33.4 Å². The number of nitrogens with one attached hydrogen (secondary N) is 1. The lowest BCUT2D eigenvalue weighted by atomic mass is 10.0. The SMILES string of the molecule is CCCOc1c(OCCSc2ncc[nH]2)cc([C@@H]2CC[C@@H](c3cc(OC)c(OC)c(OC)c3)O2)cc1S(=O)(=O)CC(C)=O. The zero-order chi connectivity index (χ0) is 31.0. The van der Waals surface area contributed by atoms with Gasteiger partial charge in [-0.3, -0.25) is 4.79 Å². The molecule has 11 nitrogen and oxygen atoms in total. The molecule has 0 radical (unpaired) electrons. The predicted octanol–water partition coefficient (Wildman–Crippen LogP) is 5.35.